The summed E-state index contributed by atoms with van der Waals surface area (Å²) in [4.78, 5) is 26.5. The molecule has 0 N–H and O–H groups in total. The van der Waals surface area contributed by atoms with Crippen molar-refractivity contribution in [3.8, 4) is 11.5 Å². The third kappa shape index (κ3) is 5.05. The number of carbonyl (C=O) groups is 1. The van der Waals surface area contributed by atoms with E-state index in [2.05, 4.69) is 5.10 Å². The number of methoxy groups -OCH3 is 2. The van der Waals surface area contributed by atoms with Crippen LogP contribution in [0.3, 0.4) is 0 Å². The third-order valence-electron chi connectivity index (χ3n) is 4.79. The average molecular weight is 407 g/mol. The molecule has 0 unspecified atom stereocenters. The fourth-order valence-corrected chi connectivity index (χ4v) is 3.06. The Balaban J connectivity index is 1.68. The van der Waals surface area contributed by atoms with E-state index < -0.39 is 0 Å². The highest BCUT2D eigenvalue weighted by Crippen LogP contribution is 2.27. The van der Waals surface area contributed by atoms with Gasteiger partial charge in [0.15, 0.2) is 11.5 Å². The van der Waals surface area contributed by atoms with Crippen LogP contribution < -0.4 is 15.0 Å². The Kier molecular flexibility index (Phi) is 6.85. The minimum atomic E-state index is -0.247. The quantitative estimate of drug-likeness (QED) is 0.574. The van der Waals surface area contributed by atoms with Gasteiger partial charge in [0, 0.05) is 19.7 Å². The number of hydrogen-bond acceptors (Lipinski definition) is 5. The Bertz CT molecular complexity index is 1060. The van der Waals surface area contributed by atoms with Crippen LogP contribution in [0.25, 0.3) is 0 Å². The first kappa shape index (κ1) is 21.1. The van der Waals surface area contributed by atoms with Crippen molar-refractivity contribution in [1.82, 2.24) is 14.7 Å². The maximum Gasteiger partial charge on any atom is 0.274 e. The molecule has 0 aliphatic rings. The zero-order valence-electron chi connectivity index (χ0n) is 17.4. The van der Waals surface area contributed by atoms with E-state index in [1.54, 1.807) is 26.2 Å². The van der Waals surface area contributed by atoms with Crippen LogP contribution in [0, 0.1) is 0 Å². The summed E-state index contributed by atoms with van der Waals surface area (Å²) in [5, 5.41) is 4.27. The number of benzene rings is 2. The second-order valence-electron chi connectivity index (χ2n) is 6.87. The van der Waals surface area contributed by atoms with Gasteiger partial charge in [0.2, 0.25) is 0 Å². The molecule has 156 valence electrons. The molecule has 0 aliphatic heterocycles. The van der Waals surface area contributed by atoms with Crippen LogP contribution in [0.4, 0.5) is 0 Å². The maximum absolute atomic E-state index is 12.8. The van der Waals surface area contributed by atoms with Gasteiger partial charge >= 0.3 is 0 Å². The van der Waals surface area contributed by atoms with Crippen molar-refractivity contribution >= 4 is 5.91 Å². The van der Waals surface area contributed by atoms with E-state index >= 15 is 0 Å². The second kappa shape index (κ2) is 9.73. The fraction of sp³-hybridized carbons (Fsp3) is 0.261. The second-order valence-corrected chi connectivity index (χ2v) is 6.87. The molecule has 0 saturated carbocycles. The molecule has 3 aromatic rings. The van der Waals surface area contributed by atoms with Crippen LogP contribution in [-0.2, 0) is 13.0 Å². The van der Waals surface area contributed by atoms with Gasteiger partial charge in [0.05, 0.1) is 20.8 Å². The number of carbonyl (C=O) groups excluding carboxylic acids is 1. The van der Waals surface area contributed by atoms with Crippen molar-refractivity contribution in [2.75, 3.05) is 27.8 Å². The molecule has 3 rings (SSSR count). The Hall–Kier alpha value is -3.61. The first-order chi connectivity index (χ1) is 14.5. The smallest absolute Gasteiger partial charge is 0.274 e. The van der Waals surface area contributed by atoms with Gasteiger partial charge in [-0.05, 0) is 35.7 Å². The highest BCUT2D eigenvalue weighted by atomic mass is 16.5. The van der Waals surface area contributed by atoms with E-state index in [0.29, 0.717) is 31.0 Å². The lowest BCUT2D eigenvalue weighted by Gasteiger charge is -2.18. The third-order valence-corrected chi connectivity index (χ3v) is 4.79. The van der Waals surface area contributed by atoms with Gasteiger partial charge in [-0.3, -0.25) is 9.59 Å². The van der Waals surface area contributed by atoms with Crippen LogP contribution in [0.5, 0.6) is 11.5 Å². The van der Waals surface area contributed by atoms with Crippen LogP contribution in [0.2, 0.25) is 0 Å². The summed E-state index contributed by atoms with van der Waals surface area (Å²) in [5.41, 5.74) is 1.96. The van der Waals surface area contributed by atoms with E-state index in [-0.39, 0.29) is 17.2 Å². The molecule has 1 amide bonds. The Morgan fingerprint density at radius 2 is 1.70 bits per heavy atom. The van der Waals surface area contributed by atoms with Gasteiger partial charge in [0.25, 0.3) is 11.5 Å². The first-order valence-electron chi connectivity index (χ1n) is 9.60. The summed E-state index contributed by atoms with van der Waals surface area (Å²) >= 11 is 0. The molecule has 2 aromatic carbocycles. The van der Waals surface area contributed by atoms with Crippen LogP contribution in [0.1, 0.15) is 21.6 Å². The average Bonchev–Trinajstić information content (AvgIpc) is 2.78. The van der Waals surface area contributed by atoms with E-state index in [1.165, 1.54) is 16.8 Å². The highest BCUT2D eigenvalue weighted by Gasteiger charge is 2.15. The molecular formula is C23H25N3O4. The monoisotopic (exact) mass is 407 g/mol. The predicted octanol–water partition coefficient (Wildman–Crippen LogP) is 2.62. The van der Waals surface area contributed by atoms with Gasteiger partial charge in [-0.1, -0.05) is 36.4 Å². The van der Waals surface area contributed by atoms with E-state index in [0.717, 1.165) is 11.1 Å². The van der Waals surface area contributed by atoms with Crippen molar-refractivity contribution in [2.24, 2.45) is 0 Å². The van der Waals surface area contributed by atoms with Crippen LogP contribution >= 0.6 is 0 Å². The maximum atomic E-state index is 12.8. The number of hydrogen-bond donors (Lipinski definition) is 0. The van der Waals surface area contributed by atoms with Crippen molar-refractivity contribution in [2.45, 2.75) is 13.0 Å². The summed E-state index contributed by atoms with van der Waals surface area (Å²) in [6.45, 7) is 0.809. The fourth-order valence-electron chi connectivity index (χ4n) is 3.06. The topological polar surface area (TPSA) is 73.7 Å². The minimum Gasteiger partial charge on any atom is -0.493 e. The van der Waals surface area contributed by atoms with Crippen LogP contribution in [0.15, 0.2) is 65.5 Å². The molecule has 30 heavy (non-hydrogen) atoms. The molecule has 0 spiro atoms. The SMILES string of the molecule is COc1ccc(CCN(C)C(=O)c2ccc(=O)n(Cc3ccccc3)n2)cc1OC. The summed E-state index contributed by atoms with van der Waals surface area (Å²) in [6.07, 6.45) is 0.645. The van der Waals surface area contributed by atoms with Crippen molar-refractivity contribution in [3.05, 3.63) is 87.8 Å². The molecule has 0 saturated heterocycles. The van der Waals surface area contributed by atoms with Gasteiger partial charge in [0.1, 0.15) is 5.69 Å². The lowest BCUT2D eigenvalue weighted by Crippen LogP contribution is -2.32. The summed E-state index contributed by atoms with van der Waals surface area (Å²) in [5.74, 6) is 1.08. The molecule has 1 heterocycles. The molecule has 7 nitrogen and oxygen atoms in total. The summed E-state index contributed by atoms with van der Waals surface area (Å²) in [6, 6.07) is 18.1. The first-order valence-corrected chi connectivity index (χ1v) is 9.60. The number of rotatable bonds is 8. The number of likely N-dealkylation sites (N-methyl/N-ethyl adjacent to an activating group) is 1. The molecule has 0 bridgehead atoms. The molecule has 0 radical (unpaired) electrons. The Labute approximate surface area is 175 Å². The van der Waals surface area contributed by atoms with Crippen molar-refractivity contribution in [3.63, 3.8) is 0 Å². The van der Waals surface area contributed by atoms with Gasteiger partial charge in [-0.25, -0.2) is 4.68 Å². The lowest BCUT2D eigenvalue weighted by atomic mass is 10.1. The molecule has 1 aromatic heterocycles. The largest absolute Gasteiger partial charge is 0.493 e. The Morgan fingerprint density at radius 3 is 2.40 bits per heavy atom. The van der Waals surface area contributed by atoms with E-state index in [4.69, 9.17) is 9.47 Å². The molecule has 0 atom stereocenters. The van der Waals surface area contributed by atoms with Gasteiger partial charge in [-0.15, -0.1) is 0 Å². The zero-order chi connectivity index (χ0) is 21.5. The predicted molar refractivity (Wildman–Crippen MR) is 114 cm³/mol. The van der Waals surface area contributed by atoms with Gasteiger partial charge in [-0.2, -0.15) is 5.10 Å². The van der Waals surface area contributed by atoms with E-state index in [9.17, 15) is 9.59 Å². The number of ether oxygens (including phenoxy) is 2. The summed E-state index contributed by atoms with van der Waals surface area (Å²) < 4.78 is 11.9. The molecule has 7 heteroatoms. The number of amides is 1. The van der Waals surface area contributed by atoms with E-state index in [1.807, 2.05) is 48.5 Å². The van der Waals surface area contributed by atoms with Gasteiger partial charge < -0.3 is 14.4 Å². The number of aromatic nitrogens is 2. The normalized spacial score (nSPS) is 10.5. The molecular weight excluding hydrogens is 382 g/mol. The standard InChI is InChI=1S/C23H25N3O4/c1-25(14-13-17-9-11-20(29-2)21(15-17)30-3)23(28)19-10-12-22(27)26(24-19)16-18-7-5-4-6-8-18/h4-12,15H,13-14,16H2,1-3H3. The highest BCUT2D eigenvalue weighted by molar-refractivity contribution is 5.91. The van der Waals surface area contributed by atoms with Crippen LogP contribution in [-0.4, -0.2) is 48.4 Å². The summed E-state index contributed by atoms with van der Waals surface area (Å²) in [7, 11) is 4.90. The minimum absolute atomic E-state index is 0.236. The molecule has 0 fully saturated rings. The van der Waals surface area contributed by atoms with Crippen molar-refractivity contribution in [1.29, 1.82) is 0 Å². The number of nitrogens with zero attached hydrogens (tertiary/aromatic N) is 3. The van der Waals surface area contributed by atoms with Crippen molar-refractivity contribution < 1.29 is 14.3 Å². The lowest BCUT2D eigenvalue weighted by molar-refractivity contribution is 0.0788. The zero-order valence-corrected chi connectivity index (χ0v) is 17.4. The Morgan fingerprint density at radius 1 is 0.967 bits per heavy atom. The molecule has 0 aliphatic carbocycles.